The van der Waals surface area contributed by atoms with Gasteiger partial charge >= 0.3 is 12.1 Å². The van der Waals surface area contributed by atoms with Crippen LogP contribution in [-0.2, 0) is 14.1 Å². The monoisotopic (exact) mass is 786 g/mol. The van der Waals surface area contributed by atoms with Gasteiger partial charge in [0, 0.05) is 88.1 Å². The van der Waals surface area contributed by atoms with Crippen molar-refractivity contribution in [1.29, 1.82) is 0 Å². The number of rotatable bonds is 10. The number of anilines is 2. The molecule has 15 heteroatoms. The second-order valence-corrected chi connectivity index (χ2v) is 13.2. The number of aryl methyl sites for hydroxylation is 2. The standard InChI is InChI=1S/C23H30N6O2.C17H19N5O2.C2H6.4H2/c1-27-10-12-29(13-11-27)9-8-24-23(30)26-22-15-17-14-19(28(2)20(17)16-25-22)18-6-4-5-7-21(18)31-3;1-4-18-17(23)21-15-9-11-8-13(22(2)14(11)10-20-15)12-6-5-7-19-16(12)24-3;1-2;;;;/h4-7,14-16H,8-13H2,1-3H3,(H2,24,25,26,30);5-10H,4H2,1-3H3,(H2,18,20,21,23);1-2H3;4*1H. The maximum absolute atomic E-state index is 12.3. The Morgan fingerprint density at radius 1 is 0.719 bits per heavy atom. The second-order valence-electron chi connectivity index (χ2n) is 13.2. The van der Waals surface area contributed by atoms with Gasteiger partial charge < -0.3 is 34.1 Å². The van der Waals surface area contributed by atoms with Crippen molar-refractivity contribution >= 4 is 45.5 Å². The van der Waals surface area contributed by atoms with E-state index in [1.54, 1.807) is 32.8 Å². The van der Waals surface area contributed by atoms with Crippen LogP contribution in [0.4, 0.5) is 21.2 Å². The van der Waals surface area contributed by atoms with Crippen LogP contribution in [-0.4, -0.2) is 113 Å². The molecule has 0 atom stereocenters. The van der Waals surface area contributed by atoms with Crippen LogP contribution < -0.4 is 30.7 Å². The molecule has 15 nitrogen and oxygen atoms in total. The van der Waals surface area contributed by atoms with E-state index in [-0.39, 0.29) is 17.8 Å². The third-order valence-electron chi connectivity index (χ3n) is 9.61. The molecule has 0 saturated carbocycles. The number of ether oxygens (including phenoxy) is 2. The SMILES string of the molecule is CC.CCNC(=O)Nc1cc2cc(-c3cccnc3OC)n(C)c2cn1.COc1ccccc1-c1cc2cc(NC(=O)NCCN3CCN(C)CC3)ncc2n1C.[HH].[HH].[HH].[HH]. The predicted molar refractivity (Wildman–Crippen MR) is 237 cm³/mol. The number of carbonyl (C=O) groups excluding carboxylic acids is 2. The van der Waals surface area contributed by atoms with Crippen molar-refractivity contribution in [2.24, 2.45) is 14.1 Å². The molecule has 310 valence electrons. The van der Waals surface area contributed by atoms with Gasteiger partial charge in [-0.1, -0.05) is 26.0 Å². The summed E-state index contributed by atoms with van der Waals surface area (Å²) in [5.74, 6) is 2.42. The number of nitrogens with one attached hydrogen (secondary N) is 4. The summed E-state index contributed by atoms with van der Waals surface area (Å²) in [5, 5.41) is 13.2. The third-order valence-corrected chi connectivity index (χ3v) is 9.61. The molecule has 0 bridgehead atoms. The Balaban J connectivity index is 0.000000565. The Morgan fingerprint density at radius 3 is 1.86 bits per heavy atom. The number of hydrogen-bond donors (Lipinski definition) is 4. The lowest BCUT2D eigenvalue weighted by atomic mass is 10.1. The first kappa shape index (κ1) is 42.0. The quantitative estimate of drug-likeness (QED) is 0.111. The number of carbonyl (C=O) groups is 2. The van der Waals surface area contributed by atoms with Crippen molar-refractivity contribution in [1.82, 2.24) is 44.5 Å². The van der Waals surface area contributed by atoms with E-state index >= 15 is 0 Å². The first-order valence-electron chi connectivity index (χ1n) is 19.2. The molecule has 4 N–H and O–H groups in total. The van der Waals surface area contributed by atoms with Gasteiger partial charge in [0.2, 0.25) is 5.88 Å². The Hall–Kier alpha value is -6.19. The average Bonchev–Trinajstić information content (AvgIpc) is 3.74. The molecular weight excluding hydrogens is 723 g/mol. The van der Waals surface area contributed by atoms with Gasteiger partial charge in [0.15, 0.2) is 0 Å². The van der Waals surface area contributed by atoms with Crippen LogP contribution in [0.1, 0.15) is 26.5 Å². The van der Waals surface area contributed by atoms with Crippen molar-refractivity contribution in [2.45, 2.75) is 20.8 Å². The molecule has 1 fully saturated rings. The Labute approximate surface area is 340 Å². The zero-order valence-electron chi connectivity index (χ0n) is 34.2. The van der Waals surface area contributed by atoms with Crippen molar-refractivity contribution < 1.29 is 24.8 Å². The summed E-state index contributed by atoms with van der Waals surface area (Å²) in [7, 11) is 9.38. The Kier molecular flexibility index (Phi) is 14.8. The number of benzene rings is 1. The maximum Gasteiger partial charge on any atom is 0.320 e. The summed E-state index contributed by atoms with van der Waals surface area (Å²) in [6.45, 7) is 12.1. The van der Waals surface area contributed by atoms with Crippen LogP contribution in [0.3, 0.4) is 0 Å². The molecule has 6 heterocycles. The summed E-state index contributed by atoms with van der Waals surface area (Å²) < 4.78 is 15.0. The molecule has 57 heavy (non-hydrogen) atoms. The molecule has 1 aliphatic heterocycles. The fourth-order valence-electron chi connectivity index (χ4n) is 6.61. The first-order chi connectivity index (χ1) is 27.7. The molecular formula is C42H63N11O4. The number of hydrogen-bond acceptors (Lipinski definition) is 9. The summed E-state index contributed by atoms with van der Waals surface area (Å²) in [6.07, 6.45) is 5.22. The van der Waals surface area contributed by atoms with Gasteiger partial charge in [-0.3, -0.25) is 15.5 Å². The number of amides is 4. The summed E-state index contributed by atoms with van der Waals surface area (Å²) in [4.78, 5) is 41.6. The lowest BCUT2D eigenvalue weighted by molar-refractivity contribution is 0.155. The highest BCUT2D eigenvalue weighted by molar-refractivity contribution is 5.94. The van der Waals surface area contributed by atoms with E-state index in [1.165, 1.54) is 0 Å². The van der Waals surface area contributed by atoms with Crippen LogP contribution in [0.25, 0.3) is 44.3 Å². The van der Waals surface area contributed by atoms with Crippen LogP contribution in [0.2, 0.25) is 0 Å². The highest BCUT2D eigenvalue weighted by Gasteiger charge is 2.16. The largest absolute Gasteiger partial charge is 0.496 e. The number of pyridine rings is 3. The normalized spacial score (nSPS) is 12.8. The van der Waals surface area contributed by atoms with Crippen LogP contribution in [0.15, 0.2) is 79.3 Å². The van der Waals surface area contributed by atoms with E-state index in [2.05, 4.69) is 63.7 Å². The van der Waals surface area contributed by atoms with Crippen LogP contribution in [0.5, 0.6) is 11.6 Å². The predicted octanol–water partition coefficient (Wildman–Crippen LogP) is 7.41. The minimum absolute atomic E-state index is 0. The summed E-state index contributed by atoms with van der Waals surface area (Å²) in [5.41, 5.74) is 5.85. The first-order valence-corrected chi connectivity index (χ1v) is 19.2. The summed E-state index contributed by atoms with van der Waals surface area (Å²) >= 11 is 0. The minimum Gasteiger partial charge on any atom is -0.496 e. The molecule has 0 aliphatic carbocycles. The van der Waals surface area contributed by atoms with Crippen molar-refractivity contribution in [3.8, 4) is 34.1 Å². The van der Waals surface area contributed by atoms with Gasteiger partial charge in [-0.05, 0) is 62.5 Å². The van der Waals surface area contributed by atoms with E-state index in [9.17, 15) is 9.59 Å². The lowest BCUT2D eigenvalue weighted by Crippen LogP contribution is -2.47. The number of piperazine rings is 1. The highest BCUT2D eigenvalue weighted by Crippen LogP contribution is 2.34. The molecule has 0 spiro atoms. The molecule has 7 rings (SSSR count). The minimum atomic E-state index is -0.269. The number of methoxy groups -OCH3 is 2. The number of para-hydroxylation sites is 1. The van der Waals surface area contributed by atoms with E-state index in [0.717, 1.165) is 82.8 Å². The molecule has 1 saturated heterocycles. The molecule has 1 aromatic carbocycles. The van der Waals surface area contributed by atoms with Crippen molar-refractivity contribution in [2.75, 3.05) is 77.7 Å². The van der Waals surface area contributed by atoms with E-state index in [1.807, 2.05) is 94.0 Å². The second kappa shape index (κ2) is 20.1. The number of likely N-dealkylation sites (N-methyl/N-ethyl adjacent to an activating group) is 1. The van der Waals surface area contributed by atoms with Gasteiger partial charge in [0.1, 0.15) is 17.4 Å². The summed E-state index contributed by atoms with van der Waals surface area (Å²) in [6, 6.07) is 19.1. The smallest absolute Gasteiger partial charge is 0.320 e. The van der Waals surface area contributed by atoms with Crippen molar-refractivity contribution in [3.05, 3.63) is 79.3 Å². The average molecular weight is 786 g/mol. The molecule has 6 aromatic rings. The topological polar surface area (TPSA) is 156 Å². The van der Waals surface area contributed by atoms with Gasteiger partial charge in [0.05, 0.1) is 54.6 Å². The Bertz CT molecular complexity index is 2280. The molecule has 5 aromatic heterocycles. The lowest BCUT2D eigenvalue weighted by Gasteiger charge is -2.32. The molecule has 0 unspecified atom stereocenters. The number of fused-ring (bicyclic) bond motifs is 2. The van der Waals surface area contributed by atoms with Gasteiger partial charge in [0.25, 0.3) is 0 Å². The van der Waals surface area contributed by atoms with Gasteiger partial charge in [-0.15, -0.1) is 0 Å². The van der Waals surface area contributed by atoms with Crippen LogP contribution >= 0.6 is 0 Å². The fraction of sp³-hybridized carbons (Fsp3) is 0.357. The van der Waals surface area contributed by atoms with Gasteiger partial charge in [-0.25, -0.2) is 24.5 Å². The maximum atomic E-state index is 12.3. The molecule has 0 radical (unpaired) electrons. The molecule has 1 aliphatic rings. The van der Waals surface area contributed by atoms with Crippen LogP contribution in [0, 0.1) is 0 Å². The van der Waals surface area contributed by atoms with Gasteiger partial charge in [-0.2, -0.15) is 0 Å². The molecule has 4 amide bonds. The highest BCUT2D eigenvalue weighted by atomic mass is 16.5. The zero-order valence-corrected chi connectivity index (χ0v) is 34.2. The number of urea groups is 2. The number of aromatic nitrogens is 5. The zero-order chi connectivity index (χ0) is 40.9. The number of nitrogens with zero attached hydrogens (tertiary/aromatic N) is 7. The van der Waals surface area contributed by atoms with E-state index < -0.39 is 0 Å². The van der Waals surface area contributed by atoms with E-state index in [0.29, 0.717) is 30.6 Å². The Morgan fingerprint density at radius 2 is 1.28 bits per heavy atom. The fourth-order valence-corrected chi connectivity index (χ4v) is 6.61. The van der Waals surface area contributed by atoms with Crippen molar-refractivity contribution in [3.63, 3.8) is 0 Å². The van der Waals surface area contributed by atoms with E-state index in [4.69, 9.17) is 9.47 Å². The third kappa shape index (κ3) is 10.4.